The van der Waals surface area contributed by atoms with Crippen molar-refractivity contribution in [2.45, 2.75) is 19.5 Å². The number of aromatic nitrogens is 1. The Balaban J connectivity index is 1.52. The summed E-state index contributed by atoms with van der Waals surface area (Å²) in [5.41, 5.74) is 2.36. The van der Waals surface area contributed by atoms with Gasteiger partial charge in [0.1, 0.15) is 5.75 Å². The Labute approximate surface area is 195 Å². The molecule has 0 radical (unpaired) electrons. The van der Waals surface area contributed by atoms with Crippen molar-refractivity contribution in [1.82, 2.24) is 9.29 Å². The third-order valence-corrected chi connectivity index (χ3v) is 6.88. The van der Waals surface area contributed by atoms with Crippen LogP contribution in [0.4, 0.5) is 0 Å². The lowest BCUT2D eigenvalue weighted by Crippen LogP contribution is -2.29. The van der Waals surface area contributed by atoms with E-state index >= 15 is 0 Å². The first-order chi connectivity index (χ1) is 16.1. The van der Waals surface area contributed by atoms with Gasteiger partial charge in [-0.25, -0.2) is 8.42 Å². The minimum Gasteiger partial charge on any atom is -0.493 e. The van der Waals surface area contributed by atoms with E-state index in [1.165, 1.54) is 9.71 Å². The molecule has 4 rings (SSSR count). The van der Waals surface area contributed by atoms with Crippen molar-refractivity contribution in [2.75, 3.05) is 19.8 Å². The van der Waals surface area contributed by atoms with E-state index in [9.17, 15) is 8.42 Å². The first-order valence-corrected chi connectivity index (χ1v) is 12.5. The Morgan fingerprint density at radius 2 is 1.88 bits per heavy atom. The fourth-order valence-corrected chi connectivity index (χ4v) is 4.73. The van der Waals surface area contributed by atoms with Gasteiger partial charge in [0.25, 0.3) is 0 Å². The zero-order valence-electron chi connectivity index (χ0n) is 18.4. The van der Waals surface area contributed by atoms with Crippen molar-refractivity contribution in [1.29, 1.82) is 0 Å². The van der Waals surface area contributed by atoms with Gasteiger partial charge in [-0.05, 0) is 47.9 Å². The molecule has 1 fully saturated rings. The second-order valence-electron chi connectivity index (χ2n) is 8.04. The van der Waals surface area contributed by atoms with Crippen molar-refractivity contribution >= 4 is 16.1 Å². The Morgan fingerprint density at radius 3 is 2.64 bits per heavy atom. The summed E-state index contributed by atoms with van der Waals surface area (Å²) in [6, 6.07) is 22.5. The van der Waals surface area contributed by atoms with E-state index in [1.54, 1.807) is 12.3 Å². The van der Waals surface area contributed by atoms with Crippen LogP contribution in [0.1, 0.15) is 23.2 Å². The number of benzene rings is 2. The van der Waals surface area contributed by atoms with Crippen LogP contribution in [0, 0.1) is 5.92 Å². The largest absolute Gasteiger partial charge is 0.493 e. The van der Waals surface area contributed by atoms with Gasteiger partial charge < -0.3 is 9.47 Å². The first kappa shape index (κ1) is 23.2. The normalized spacial score (nSPS) is 16.5. The smallest absolute Gasteiger partial charge is 0.236 e. The molecule has 0 aliphatic carbocycles. The SMILES string of the molecule is O=S(=O)(C=Cc1ccccc1)N(Cc1cccc(OCC2CCOC2)c1)Cc1ccccn1. The van der Waals surface area contributed by atoms with Gasteiger partial charge in [-0.3, -0.25) is 4.98 Å². The topological polar surface area (TPSA) is 68.7 Å². The number of sulfonamides is 1. The summed E-state index contributed by atoms with van der Waals surface area (Å²) in [4.78, 5) is 4.32. The number of pyridine rings is 1. The van der Waals surface area contributed by atoms with Crippen LogP contribution in [0.2, 0.25) is 0 Å². The third-order valence-electron chi connectivity index (χ3n) is 5.42. The van der Waals surface area contributed by atoms with E-state index in [0.717, 1.165) is 36.5 Å². The highest BCUT2D eigenvalue weighted by molar-refractivity contribution is 7.92. The predicted octanol–water partition coefficient (Wildman–Crippen LogP) is 4.50. The van der Waals surface area contributed by atoms with E-state index in [4.69, 9.17) is 9.47 Å². The second-order valence-corrected chi connectivity index (χ2v) is 9.85. The molecule has 2 aromatic carbocycles. The molecule has 1 aromatic heterocycles. The molecule has 172 valence electrons. The fraction of sp³-hybridized carbons (Fsp3) is 0.269. The van der Waals surface area contributed by atoms with Crippen LogP contribution in [-0.4, -0.2) is 37.5 Å². The number of rotatable bonds is 10. The van der Waals surface area contributed by atoms with E-state index in [1.807, 2.05) is 72.8 Å². The zero-order chi connectivity index (χ0) is 22.9. The van der Waals surface area contributed by atoms with Crippen LogP contribution in [-0.2, 0) is 27.8 Å². The molecule has 0 bridgehead atoms. The van der Waals surface area contributed by atoms with Crippen molar-refractivity contribution in [2.24, 2.45) is 5.92 Å². The van der Waals surface area contributed by atoms with E-state index in [-0.39, 0.29) is 13.1 Å². The lowest BCUT2D eigenvalue weighted by atomic mass is 10.1. The summed E-state index contributed by atoms with van der Waals surface area (Å²) < 4.78 is 39.3. The molecule has 1 atom stereocenters. The molecule has 7 heteroatoms. The predicted molar refractivity (Wildman–Crippen MR) is 129 cm³/mol. The number of hydrogen-bond donors (Lipinski definition) is 0. The lowest BCUT2D eigenvalue weighted by Gasteiger charge is -2.21. The molecule has 1 unspecified atom stereocenters. The molecule has 3 aromatic rings. The van der Waals surface area contributed by atoms with Crippen LogP contribution < -0.4 is 4.74 Å². The van der Waals surface area contributed by atoms with Crippen LogP contribution in [0.3, 0.4) is 0 Å². The van der Waals surface area contributed by atoms with E-state index in [0.29, 0.717) is 18.2 Å². The van der Waals surface area contributed by atoms with Gasteiger partial charge in [-0.2, -0.15) is 4.31 Å². The molecule has 0 saturated carbocycles. The standard InChI is InChI=1S/C26H28N2O4S/c29-33(30,16-13-22-7-2-1-3-8-22)28(19-25-10-4-5-14-27-25)18-23-9-6-11-26(17-23)32-21-24-12-15-31-20-24/h1-11,13-14,16-17,24H,12,15,18-21H2. The summed E-state index contributed by atoms with van der Waals surface area (Å²) in [5, 5.41) is 1.26. The van der Waals surface area contributed by atoms with Crippen LogP contribution in [0.5, 0.6) is 5.75 Å². The number of ether oxygens (including phenoxy) is 2. The maximum Gasteiger partial charge on any atom is 0.236 e. The monoisotopic (exact) mass is 464 g/mol. The summed E-state index contributed by atoms with van der Waals surface area (Å²) in [6.07, 6.45) is 4.29. The van der Waals surface area contributed by atoms with Crippen molar-refractivity contribution in [3.8, 4) is 5.75 Å². The number of nitrogens with zero attached hydrogens (tertiary/aromatic N) is 2. The highest BCUT2D eigenvalue weighted by atomic mass is 32.2. The summed E-state index contributed by atoms with van der Waals surface area (Å²) >= 11 is 0. The first-order valence-electron chi connectivity index (χ1n) is 11.0. The summed E-state index contributed by atoms with van der Waals surface area (Å²) in [5.74, 6) is 1.13. The Kier molecular flexibility index (Phi) is 7.88. The molecule has 0 N–H and O–H groups in total. The molecule has 0 amide bonds. The van der Waals surface area contributed by atoms with Gasteiger partial charge in [0.15, 0.2) is 0 Å². The highest BCUT2D eigenvalue weighted by Crippen LogP contribution is 2.21. The van der Waals surface area contributed by atoms with Crippen molar-refractivity contribution < 1.29 is 17.9 Å². The summed E-state index contributed by atoms with van der Waals surface area (Å²) in [7, 11) is -3.70. The quantitative estimate of drug-likeness (QED) is 0.442. The van der Waals surface area contributed by atoms with Crippen LogP contribution in [0.15, 0.2) is 84.4 Å². The minimum atomic E-state index is -3.70. The summed E-state index contributed by atoms with van der Waals surface area (Å²) in [6.45, 7) is 2.49. The van der Waals surface area contributed by atoms with E-state index in [2.05, 4.69) is 4.98 Å². The Bertz CT molecular complexity index is 1150. The molecule has 1 saturated heterocycles. The van der Waals surface area contributed by atoms with E-state index < -0.39 is 10.0 Å². The maximum absolute atomic E-state index is 13.3. The van der Waals surface area contributed by atoms with Crippen LogP contribution in [0.25, 0.3) is 6.08 Å². The molecular weight excluding hydrogens is 436 g/mol. The van der Waals surface area contributed by atoms with Gasteiger partial charge in [0.05, 0.1) is 25.5 Å². The van der Waals surface area contributed by atoms with Crippen molar-refractivity contribution in [3.63, 3.8) is 0 Å². The average Bonchev–Trinajstić information content (AvgIpc) is 3.37. The Morgan fingerprint density at radius 1 is 1.03 bits per heavy atom. The maximum atomic E-state index is 13.3. The fourth-order valence-electron chi connectivity index (χ4n) is 3.59. The second kappa shape index (κ2) is 11.2. The van der Waals surface area contributed by atoms with Gasteiger partial charge in [0.2, 0.25) is 10.0 Å². The van der Waals surface area contributed by atoms with Gasteiger partial charge in [-0.1, -0.05) is 48.5 Å². The molecule has 6 nitrogen and oxygen atoms in total. The van der Waals surface area contributed by atoms with Crippen molar-refractivity contribution in [3.05, 3.63) is 101 Å². The molecule has 2 heterocycles. The Hall–Kier alpha value is -3.00. The highest BCUT2D eigenvalue weighted by Gasteiger charge is 2.21. The van der Waals surface area contributed by atoms with Gasteiger partial charge >= 0.3 is 0 Å². The zero-order valence-corrected chi connectivity index (χ0v) is 19.2. The van der Waals surface area contributed by atoms with Crippen LogP contribution >= 0.6 is 0 Å². The number of hydrogen-bond acceptors (Lipinski definition) is 5. The van der Waals surface area contributed by atoms with Gasteiger partial charge in [-0.15, -0.1) is 0 Å². The minimum absolute atomic E-state index is 0.173. The third kappa shape index (κ3) is 6.99. The molecule has 33 heavy (non-hydrogen) atoms. The average molecular weight is 465 g/mol. The molecule has 1 aliphatic heterocycles. The lowest BCUT2D eigenvalue weighted by molar-refractivity contribution is 0.167. The molecule has 1 aliphatic rings. The molecule has 0 spiro atoms. The van der Waals surface area contributed by atoms with Gasteiger partial charge in [0, 0.05) is 30.7 Å². The molecular formula is C26H28N2O4S.